The van der Waals surface area contributed by atoms with E-state index in [1.165, 1.54) is 0 Å². The van der Waals surface area contributed by atoms with Gasteiger partial charge in [-0.25, -0.2) is 9.98 Å². The van der Waals surface area contributed by atoms with E-state index in [1.807, 2.05) is 18.2 Å². The van der Waals surface area contributed by atoms with Crippen LogP contribution in [0.1, 0.15) is 25.8 Å². The molecular formula is C17H21N5O2. The van der Waals surface area contributed by atoms with Crippen molar-refractivity contribution in [3.63, 3.8) is 0 Å². The number of carbonyl (C=O) groups excluding carboxylic acids is 1. The maximum atomic E-state index is 12.1. The number of aliphatic hydroxyl groups excluding tert-OH is 1. The molecule has 1 atom stereocenters. The maximum Gasteiger partial charge on any atom is 0.276 e. The summed E-state index contributed by atoms with van der Waals surface area (Å²) in [5, 5.41) is 15.2. The summed E-state index contributed by atoms with van der Waals surface area (Å²) in [6, 6.07) is 5.57. The van der Waals surface area contributed by atoms with E-state index >= 15 is 0 Å². The Bertz CT molecular complexity index is 806. The number of hydrogen-bond donors (Lipinski definition) is 4. The predicted octanol–water partition coefficient (Wildman–Crippen LogP) is 1.39. The molecule has 1 aliphatic rings. The van der Waals surface area contributed by atoms with Gasteiger partial charge in [-0.1, -0.05) is 19.9 Å². The number of fused-ring (bicyclic) bond motifs is 1. The molecule has 0 spiro atoms. The second-order valence-corrected chi connectivity index (χ2v) is 6.28. The summed E-state index contributed by atoms with van der Waals surface area (Å²) >= 11 is 0. The molecule has 3 rings (SSSR count). The number of amides is 1. The largest absolute Gasteiger partial charge is 0.394 e. The third-order valence-electron chi connectivity index (χ3n) is 3.76. The highest BCUT2D eigenvalue weighted by atomic mass is 16.3. The molecule has 1 amide bonds. The molecule has 0 saturated heterocycles. The lowest BCUT2D eigenvalue weighted by Gasteiger charge is -2.18. The van der Waals surface area contributed by atoms with Gasteiger partial charge in [0, 0.05) is 0 Å². The first kappa shape index (κ1) is 16.2. The highest BCUT2D eigenvalue weighted by molar-refractivity contribution is 6.13. The van der Waals surface area contributed by atoms with Gasteiger partial charge in [-0.2, -0.15) is 0 Å². The Balaban J connectivity index is 1.77. The highest BCUT2D eigenvalue weighted by Gasteiger charge is 2.22. The second-order valence-electron chi connectivity index (χ2n) is 6.28. The number of imidazole rings is 1. The highest BCUT2D eigenvalue weighted by Crippen LogP contribution is 2.16. The van der Waals surface area contributed by atoms with Crippen LogP contribution in [-0.2, 0) is 4.79 Å². The first-order valence-electron chi connectivity index (χ1n) is 7.97. The van der Waals surface area contributed by atoms with Crippen molar-refractivity contribution in [2.45, 2.75) is 26.3 Å². The van der Waals surface area contributed by atoms with E-state index in [2.05, 4.69) is 39.4 Å². The Hall–Kier alpha value is -2.67. The Kier molecular flexibility index (Phi) is 4.61. The van der Waals surface area contributed by atoms with Gasteiger partial charge in [0.2, 0.25) is 5.96 Å². The molecule has 24 heavy (non-hydrogen) atoms. The van der Waals surface area contributed by atoms with E-state index in [0.29, 0.717) is 17.6 Å². The number of carbonyl (C=O) groups is 1. The van der Waals surface area contributed by atoms with E-state index in [4.69, 9.17) is 0 Å². The van der Waals surface area contributed by atoms with Gasteiger partial charge in [-0.3, -0.25) is 10.1 Å². The number of benzene rings is 1. The molecule has 1 aromatic heterocycles. The molecular weight excluding hydrogens is 306 g/mol. The molecule has 0 fully saturated rings. The van der Waals surface area contributed by atoms with E-state index in [9.17, 15) is 9.90 Å². The van der Waals surface area contributed by atoms with Crippen molar-refractivity contribution >= 4 is 29.0 Å². The van der Waals surface area contributed by atoms with Crippen LogP contribution in [-0.4, -0.2) is 39.6 Å². The fourth-order valence-corrected chi connectivity index (χ4v) is 2.67. The van der Waals surface area contributed by atoms with Gasteiger partial charge >= 0.3 is 0 Å². The first-order chi connectivity index (χ1) is 11.5. The fourth-order valence-electron chi connectivity index (χ4n) is 2.67. The van der Waals surface area contributed by atoms with Crippen LogP contribution in [0.2, 0.25) is 0 Å². The van der Waals surface area contributed by atoms with Gasteiger partial charge in [0.1, 0.15) is 5.70 Å². The average molecular weight is 327 g/mol. The summed E-state index contributed by atoms with van der Waals surface area (Å²) in [6.07, 6.45) is 4.14. The van der Waals surface area contributed by atoms with Gasteiger partial charge in [0.15, 0.2) is 0 Å². The number of nitrogens with zero attached hydrogens (tertiary/aromatic N) is 2. The lowest BCUT2D eigenvalue weighted by atomic mass is 10.0. The molecule has 0 saturated carbocycles. The number of rotatable bonds is 5. The molecule has 126 valence electrons. The minimum Gasteiger partial charge on any atom is -0.394 e. The summed E-state index contributed by atoms with van der Waals surface area (Å²) in [6.45, 7) is 4.15. The third-order valence-corrected chi connectivity index (χ3v) is 3.76. The van der Waals surface area contributed by atoms with E-state index in [-0.39, 0.29) is 18.6 Å². The van der Waals surface area contributed by atoms with Crippen LogP contribution >= 0.6 is 0 Å². The minimum atomic E-state index is -0.263. The number of aliphatic imine (C=N–C) groups is 1. The van der Waals surface area contributed by atoms with Crippen LogP contribution in [0, 0.1) is 5.92 Å². The molecule has 7 heteroatoms. The number of H-pyrrole nitrogens is 1. The molecule has 0 aliphatic carbocycles. The second kappa shape index (κ2) is 6.84. The minimum absolute atomic E-state index is 0.0120. The number of aromatic nitrogens is 2. The number of guanidine groups is 1. The zero-order valence-corrected chi connectivity index (χ0v) is 13.7. The summed E-state index contributed by atoms with van der Waals surface area (Å²) < 4.78 is 0. The smallest absolute Gasteiger partial charge is 0.276 e. The van der Waals surface area contributed by atoms with Crippen molar-refractivity contribution in [1.82, 2.24) is 20.6 Å². The van der Waals surface area contributed by atoms with Crippen LogP contribution in [0.25, 0.3) is 17.1 Å². The lowest BCUT2D eigenvalue weighted by Crippen LogP contribution is -2.44. The van der Waals surface area contributed by atoms with Gasteiger partial charge in [0.05, 0.1) is 30.0 Å². The number of hydrogen-bond acceptors (Lipinski definition) is 5. The van der Waals surface area contributed by atoms with Crippen molar-refractivity contribution < 1.29 is 9.90 Å². The number of nitrogens with one attached hydrogen (secondary N) is 3. The van der Waals surface area contributed by atoms with Gasteiger partial charge in [-0.05, 0) is 36.1 Å². The molecule has 0 radical (unpaired) electrons. The van der Waals surface area contributed by atoms with E-state index < -0.39 is 0 Å². The first-order valence-corrected chi connectivity index (χ1v) is 7.97. The van der Waals surface area contributed by atoms with Crippen molar-refractivity contribution in [3.05, 3.63) is 35.8 Å². The Labute approximate surface area is 139 Å². The standard InChI is InChI=1S/C17H21N5O2/c1-10(2)5-12(8-23)20-17-21-15(16(24)22-17)7-11-3-4-13-14(6-11)19-9-18-13/h3-4,6-7,9-10,12,23H,5,8H2,1-2H3,(H,18,19)(H2,20,21,22,24)/b15-7-. The molecule has 4 N–H and O–H groups in total. The van der Waals surface area contributed by atoms with Gasteiger partial charge in [-0.15, -0.1) is 0 Å². The lowest BCUT2D eigenvalue weighted by molar-refractivity contribution is -0.115. The quantitative estimate of drug-likeness (QED) is 0.623. The topological polar surface area (TPSA) is 102 Å². The Morgan fingerprint density at radius 3 is 2.96 bits per heavy atom. The van der Waals surface area contributed by atoms with E-state index in [1.54, 1.807) is 12.4 Å². The maximum absolute atomic E-state index is 12.1. The number of aliphatic hydroxyl groups is 1. The summed E-state index contributed by atoms with van der Waals surface area (Å²) in [5.41, 5.74) is 2.96. The van der Waals surface area contributed by atoms with Gasteiger partial charge < -0.3 is 15.4 Å². The average Bonchev–Trinajstić information content (AvgIpc) is 3.12. The molecule has 2 heterocycles. The molecule has 1 aromatic carbocycles. The van der Waals surface area contributed by atoms with Gasteiger partial charge in [0.25, 0.3) is 5.91 Å². The zero-order valence-electron chi connectivity index (χ0n) is 13.7. The Morgan fingerprint density at radius 2 is 2.21 bits per heavy atom. The number of aromatic amines is 1. The van der Waals surface area contributed by atoms with Crippen molar-refractivity contribution in [1.29, 1.82) is 0 Å². The summed E-state index contributed by atoms with van der Waals surface area (Å²) in [4.78, 5) is 23.6. The molecule has 1 unspecified atom stereocenters. The van der Waals surface area contributed by atoms with E-state index in [0.717, 1.165) is 23.0 Å². The normalized spacial score (nSPS) is 17.4. The van der Waals surface area contributed by atoms with Crippen molar-refractivity contribution in [2.75, 3.05) is 6.61 Å². The summed E-state index contributed by atoms with van der Waals surface area (Å²) in [7, 11) is 0. The monoisotopic (exact) mass is 327 g/mol. The van der Waals surface area contributed by atoms with Crippen molar-refractivity contribution in [3.8, 4) is 0 Å². The zero-order chi connectivity index (χ0) is 17.1. The predicted molar refractivity (Wildman–Crippen MR) is 93.1 cm³/mol. The van der Waals surface area contributed by atoms with Crippen LogP contribution in [0.3, 0.4) is 0 Å². The van der Waals surface area contributed by atoms with Crippen LogP contribution in [0.4, 0.5) is 0 Å². The molecule has 7 nitrogen and oxygen atoms in total. The fraction of sp³-hybridized carbons (Fsp3) is 0.353. The molecule has 2 aromatic rings. The Morgan fingerprint density at radius 1 is 1.38 bits per heavy atom. The molecule has 0 bridgehead atoms. The van der Waals surface area contributed by atoms with Crippen molar-refractivity contribution in [2.24, 2.45) is 10.9 Å². The third kappa shape index (κ3) is 3.62. The molecule has 1 aliphatic heterocycles. The van der Waals surface area contributed by atoms with Crippen LogP contribution in [0.5, 0.6) is 0 Å². The van der Waals surface area contributed by atoms with Crippen LogP contribution in [0.15, 0.2) is 35.2 Å². The van der Waals surface area contributed by atoms with Crippen LogP contribution < -0.4 is 10.6 Å². The summed E-state index contributed by atoms with van der Waals surface area (Å²) in [5.74, 6) is 0.551. The SMILES string of the molecule is CC(C)CC(CO)NC1=N/C(=C\c2ccc3[nH]cnc3c2)C(=O)N1.